The molecule has 0 unspecified atom stereocenters. The summed E-state index contributed by atoms with van der Waals surface area (Å²) in [4.78, 5) is 24.1. The first-order valence-electron chi connectivity index (χ1n) is 6.65. The van der Waals surface area contributed by atoms with Crippen molar-refractivity contribution in [3.05, 3.63) is 20.8 Å². The van der Waals surface area contributed by atoms with E-state index in [4.69, 9.17) is 16.3 Å². The standard InChI is InChI=1S/C14H18ClNO3S/c1-8-7-20-12(11(8)15)13(17)16-10-5-3-9(4-6-10)14(18)19-2/h7,9-10H,3-6H2,1-2H3,(H,16,17). The van der Waals surface area contributed by atoms with Gasteiger partial charge in [0, 0.05) is 6.04 Å². The molecule has 1 saturated carbocycles. The van der Waals surface area contributed by atoms with Crippen molar-refractivity contribution < 1.29 is 14.3 Å². The molecule has 1 aliphatic rings. The van der Waals surface area contributed by atoms with Crippen LogP contribution in [0.15, 0.2) is 5.38 Å². The van der Waals surface area contributed by atoms with Crippen LogP contribution in [0, 0.1) is 12.8 Å². The number of methoxy groups -OCH3 is 1. The van der Waals surface area contributed by atoms with Crippen molar-refractivity contribution in [2.45, 2.75) is 38.6 Å². The van der Waals surface area contributed by atoms with Gasteiger partial charge in [0.2, 0.25) is 0 Å². The van der Waals surface area contributed by atoms with Gasteiger partial charge in [-0.25, -0.2) is 0 Å². The first-order valence-corrected chi connectivity index (χ1v) is 7.91. The van der Waals surface area contributed by atoms with Crippen LogP contribution in [0.4, 0.5) is 0 Å². The van der Waals surface area contributed by atoms with Gasteiger partial charge in [0.1, 0.15) is 4.88 Å². The Labute approximate surface area is 127 Å². The Bertz CT molecular complexity index is 507. The molecule has 4 nitrogen and oxygen atoms in total. The zero-order valence-corrected chi connectivity index (χ0v) is 13.1. The van der Waals surface area contributed by atoms with E-state index in [9.17, 15) is 9.59 Å². The van der Waals surface area contributed by atoms with E-state index in [1.165, 1.54) is 18.4 Å². The predicted octanol–water partition coefficient (Wildman–Crippen LogP) is 3.17. The fourth-order valence-electron chi connectivity index (χ4n) is 2.47. The minimum absolute atomic E-state index is 0.0271. The van der Waals surface area contributed by atoms with E-state index in [0.29, 0.717) is 9.90 Å². The van der Waals surface area contributed by atoms with Crippen molar-refractivity contribution in [2.24, 2.45) is 5.92 Å². The van der Waals surface area contributed by atoms with E-state index in [2.05, 4.69) is 5.32 Å². The highest BCUT2D eigenvalue weighted by molar-refractivity contribution is 7.13. The summed E-state index contributed by atoms with van der Waals surface area (Å²) in [5.41, 5.74) is 0.927. The van der Waals surface area contributed by atoms with E-state index < -0.39 is 0 Å². The fourth-order valence-corrected chi connectivity index (χ4v) is 3.66. The molecule has 2 rings (SSSR count). The van der Waals surface area contributed by atoms with Crippen molar-refractivity contribution >= 4 is 34.8 Å². The topological polar surface area (TPSA) is 55.4 Å². The number of aryl methyl sites for hydroxylation is 1. The van der Waals surface area contributed by atoms with Crippen LogP contribution >= 0.6 is 22.9 Å². The van der Waals surface area contributed by atoms with Crippen molar-refractivity contribution in [1.29, 1.82) is 0 Å². The second-order valence-electron chi connectivity index (χ2n) is 5.11. The number of carbonyl (C=O) groups excluding carboxylic acids is 2. The molecule has 1 amide bonds. The smallest absolute Gasteiger partial charge is 0.308 e. The summed E-state index contributed by atoms with van der Waals surface area (Å²) >= 11 is 7.46. The maximum Gasteiger partial charge on any atom is 0.308 e. The van der Waals surface area contributed by atoms with Crippen molar-refractivity contribution in [2.75, 3.05) is 7.11 Å². The van der Waals surface area contributed by atoms with E-state index >= 15 is 0 Å². The molecule has 1 aromatic rings. The number of hydrogen-bond acceptors (Lipinski definition) is 4. The molecule has 0 radical (unpaired) electrons. The van der Waals surface area contributed by atoms with Gasteiger partial charge in [-0.05, 0) is 43.6 Å². The molecular formula is C14H18ClNO3S. The summed E-state index contributed by atoms with van der Waals surface area (Å²) in [5.74, 6) is -0.290. The summed E-state index contributed by atoms with van der Waals surface area (Å²) in [6.07, 6.45) is 3.12. The maximum atomic E-state index is 12.1. The molecule has 1 aliphatic carbocycles. The Kier molecular flexibility index (Phi) is 5.05. The lowest BCUT2D eigenvalue weighted by Crippen LogP contribution is -2.38. The second-order valence-corrected chi connectivity index (χ2v) is 6.36. The average molecular weight is 316 g/mol. The van der Waals surface area contributed by atoms with Gasteiger partial charge in [-0.3, -0.25) is 9.59 Å². The third-order valence-electron chi connectivity index (χ3n) is 3.70. The summed E-state index contributed by atoms with van der Waals surface area (Å²) in [6.45, 7) is 1.89. The molecule has 1 N–H and O–H groups in total. The van der Waals surface area contributed by atoms with Crippen LogP contribution in [0.1, 0.15) is 40.9 Å². The highest BCUT2D eigenvalue weighted by atomic mass is 35.5. The van der Waals surface area contributed by atoms with Gasteiger partial charge in [-0.2, -0.15) is 0 Å². The number of esters is 1. The normalized spacial score (nSPS) is 22.4. The number of carbonyl (C=O) groups is 2. The van der Waals surface area contributed by atoms with Crippen LogP contribution in [0.3, 0.4) is 0 Å². The van der Waals surface area contributed by atoms with Gasteiger partial charge in [0.15, 0.2) is 0 Å². The molecule has 0 bridgehead atoms. The van der Waals surface area contributed by atoms with E-state index in [1.807, 2.05) is 12.3 Å². The largest absolute Gasteiger partial charge is 0.469 e. The maximum absolute atomic E-state index is 12.1. The molecule has 110 valence electrons. The van der Waals surface area contributed by atoms with Crippen LogP contribution < -0.4 is 5.32 Å². The summed E-state index contributed by atoms with van der Waals surface area (Å²) < 4.78 is 4.75. The zero-order valence-electron chi connectivity index (χ0n) is 11.6. The van der Waals surface area contributed by atoms with Crippen molar-refractivity contribution in [3.63, 3.8) is 0 Å². The monoisotopic (exact) mass is 315 g/mol. The van der Waals surface area contributed by atoms with Crippen molar-refractivity contribution in [3.8, 4) is 0 Å². The first kappa shape index (κ1) is 15.3. The lowest BCUT2D eigenvalue weighted by molar-refractivity contribution is -0.146. The number of amides is 1. The summed E-state index contributed by atoms with van der Waals surface area (Å²) in [5, 5.41) is 5.42. The quantitative estimate of drug-likeness (QED) is 0.872. The molecule has 0 atom stereocenters. The second kappa shape index (κ2) is 6.59. The van der Waals surface area contributed by atoms with E-state index in [-0.39, 0.29) is 23.8 Å². The minimum atomic E-state index is -0.147. The average Bonchev–Trinajstić information content (AvgIpc) is 2.79. The van der Waals surface area contributed by atoms with Gasteiger partial charge in [0.25, 0.3) is 5.91 Å². The van der Waals surface area contributed by atoms with Gasteiger partial charge in [-0.1, -0.05) is 11.6 Å². The number of halogens is 1. The lowest BCUT2D eigenvalue weighted by Gasteiger charge is -2.27. The third kappa shape index (κ3) is 3.33. The molecule has 6 heteroatoms. The number of ether oxygens (including phenoxy) is 1. The fraction of sp³-hybridized carbons (Fsp3) is 0.571. The van der Waals surface area contributed by atoms with Crippen LogP contribution in [0.2, 0.25) is 5.02 Å². The third-order valence-corrected chi connectivity index (χ3v) is 5.40. The SMILES string of the molecule is COC(=O)C1CCC(NC(=O)c2scc(C)c2Cl)CC1. The van der Waals surface area contributed by atoms with Crippen molar-refractivity contribution in [1.82, 2.24) is 5.32 Å². The molecule has 0 spiro atoms. The Balaban J connectivity index is 1.88. The highest BCUT2D eigenvalue weighted by Crippen LogP contribution is 2.29. The van der Waals surface area contributed by atoms with Crippen LogP contribution in [0.5, 0.6) is 0 Å². The molecule has 1 aromatic heterocycles. The molecule has 0 saturated heterocycles. The van der Waals surface area contributed by atoms with Crippen LogP contribution in [0.25, 0.3) is 0 Å². The number of nitrogens with one attached hydrogen (secondary N) is 1. The van der Waals surface area contributed by atoms with E-state index in [1.54, 1.807) is 0 Å². The molecule has 0 aliphatic heterocycles. The Morgan fingerprint density at radius 1 is 1.35 bits per heavy atom. The van der Waals surface area contributed by atoms with Gasteiger partial charge < -0.3 is 10.1 Å². The van der Waals surface area contributed by atoms with Crippen LogP contribution in [-0.4, -0.2) is 25.0 Å². The van der Waals surface area contributed by atoms with Crippen LogP contribution in [-0.2, 0) is 9.53 Å². The molecule has 1 heterocycles. The number of hydrogen-bond donors (Lipinski definition) is 1. The zero-order chi connectivity index (χ0) is 14.7. The van der Waals surface area contributed by atoms with Gasteiger partial charge in [-0.15, -0.1) is 11.3 Å². The first-order chi connectivity index (χ1) is 9.52. The Morgan fingerprint density at radius 3 is 2.50 bits per heavy atom. The van der Waals surface area contributed by atoms with Gasteiger partial charge in [0.05, 0.1) is 18.1 Å². The summed E-state index contributed by atoms with van der Waals surface area (Å²) in [6, 6.07) is 0.113. The molecule has 0 aromatic carbocycles. The Hall–Kier alpha value is -1.07. The molecule has 1 fully saturated rings. The Morgan fingerprint density at radius 2 is 2.00 bits per heavy atom. The highest BCUT2D eigenvalue weighted by Gasteiger charge is 2.28. The number of rotatable bonds is 3. The van der Waals surface area contributed by atoms with E-state index in [0.717, 1.165) is 31.2 Å². The number of thiophene rings is 1. The minimum Gasteiger partial charge on any atom is -0.469 e. The predicted molar refractivity (Wildman–Crippen MR) is 79.3 cm³/mol. The molecule has 20 heavy (non-hydrogen) atoms. The lowest BCUT2D eigenvalue weighted by atomic mass is 9.86. The summed E-state index contributed by atoms with van der Waals surface area (Å²) in [7, 11) is 1.41. The molecular weight excluding hydrogens is 298 g/mol. The van der Waals surface area contributed by atoms with Gasteiger partial charge >= 0.3 is 5.97 Å².